The molecule has 0 aliphatic heterocycles. The van der Waals surface area contributed by atoms with Crippen LogP contribution in [0.5, 0.6) is 0 Å². The fourth-order valence-electron chi connectivity index (χ4n) is 2.18. The summed E-state index contributed by atoms with van der Waals surface area (Å²) >= 11 is 0. The van der Waals surface area contributed by atoms with Crippen LogP contribution in [0.4, 0.5) is 9.59 Å². The molecule has 1 unspecified atom stereocenters. The molecule has 2 N–H and O–H groups in total. The van der Waals surface area contributed by atoms with Crippen LogP contribution in [0.3, 0.4) is 0 Å². The number of carboxylic acid groups (broad SMARTS) is 1. The highest BCUT2D eigenvalue weighted by Gasteiger charge is 2.26. The van der Waals surface area contributed by atoms with Crippen molar-refractivity contribution >= 4 is 12.2 Å². The first-order chi connectivity index (χ1) is 11.9. The van der Waals surface area contributed by atoms with Gasteiger partial charge in [-0.05, 0) is 18.4 Å². The monoisotopic (exact) mass is 346 g/mol. The first-order valence-electron chi connectivity index (χ1n) is 8.11. The number of nitrogens with one attached hydrogen (secondary N) is 1. The summed E-state index contributed by atoms with van der Waals surface area (Å²) in [5.74, 6) is -0.136. The van der Waals surface area contributed by atoms with Crippen LogP contribution in [0.2, 0.25) is 0 Å². The molecule has 25 heavy (non-hydrogen) atoms. The van der Waals surface area contributed by atoms with Crippen molar-refractivity contribution in [3.05, 3.63) is 61.2 Å². The van der Waals surface area contributed by atoms with Gasteiger partial charge < -0.3 is 20.1 Å². The Bertz CT molecular complexity index is 588. The second-order valence-corrected chi connectivity index (χ2v) is 5.82. The lowest BCUT2D eigenvalue weighted by molar-refractivity contribution is 0.114. The predicted octanol–water partition coefficient (Wildman–Crippen LogP) is 3.66. The minimum atomic E-state index is -1.08. The Kier molecular flexibility index (Phi) is 8.26. The Hall–Kier alpha value is -2.76. The van der Waals surface area contributed by atoms with Gasteiger partial charge in [-0.15, -0.1) is 13.2 Å². The fraction of sp³-hybridized carbons (Fsp3) is 0.368. The molecule has 1 aromatic carbocycles. The van der Waals surface area contributed by atoms with Crippen LogP contribution in [-0.4, -0.2) is 40.8 Å². The standard InChI is InChI=1S/C19H26N2O4/c1-5-14(3)17(12-21(19(23)24)15(4)6-2)20-18(22)25-13-16-10-8-7-9-11-16/h5-11,14-15,17H,1-2,12-13H2,3-4H3,(H,20,22)(H,23,24)/t14-,15?,17-/m1/s1. The number of nitrogens with zero attached hydrogens (tertiary/aromatic N) is 1. The van der Waals surface area contributed by atoms with E-state index >= 15 is 0 Å². The lowest BCUT2D eigenvalue weighted by Crippen LogP contribution is -2.50. The largest absolute Gasteiger partial charge is 0.465 e. The average Bonchev–Trinajstić information content (AvgIpc) is 2.62. The van der Waals surface area contributed by atoms with E-state index in [-0.39, 0.29) is 25.1 Å². The van der Waals surface area contributed by atoms with E-state index in [1.165, 1.54) is 11.0 Å². The molecule has 0 spiro atoms. The Balaban J connectivity index is 2.71. The molecule has 3 atom stereocenters. The summed E-state index contributed by atoms with van der Waals surface area (Å²) in [5.41, 5.74) is 0.874. The number of hydrogen-bond acceptors (Lipinski definition) is 3. The summed E-state index contributed by atoms with van der Waals surface area (Å²) in [7, 11) is 0. The van der Waals surface area contributed by atoms with Crippen molar-refractivity contribution in [3.8, 4) is 0 Å². The van der Waals surface area contributed by atoms with Gasteiger partial charge in [0.2, 0.25) is 0 Å². The molecular weight excluding hydrogens is 320 g/mol. The summed E-state index contributed by atoms with van der Waals surface area (Å²) in [4.78, 5) is 24.8. The first kappa shape index (κ1) is 20.3. The van der Waals surface area contributed by atoms with E-state index in [0.29, 0.717) is 0 Å². The van der Waals surface area contributed by atoms with Gasteiger partial charge >= 0.3 is 12.2 Å². The maximum Gasteiger partial charge on any atom is 0.407 e. The molecule has 136 valence electrons. The highest BCUT2D eigenvalue weighted by molar-refractivity contribution is 5.68. The van der Waals surface area contributed by atoms with Crippen LogP contribution in [0.25, 0.3) is 0 Å². The molecule has 0 aliphatic carbocycles. The average molecular weight is 346 g/mol. The van der Waals surface area contributed by atoms with Crippen molar-refractivity contribution in [2.75, 3.05) is 6.54 Å². The van der Waals surface area contributed by atoms with E-state index < -0.39 is 18.2 Å². The van der Waals surface area contributed by atoms with Crippen LogP contribution >= 0.6 is 0 Å². The third-order valence-corrected chi connectivity index (χ3v) is 3.99. The third kappa shape index (κ3) is 6.71. The summed E-state index contributed by atoms with van der Waals surface area (Å²) in [6.45, 7) is 11.2. The normalized spacial score (nSPS) is 13.8. The SMILES string of the molecule is C=CC(C)N(C[C@@H](NC(=O)OCc1ccccc1)[C@H](C)C=C)C(=O)O. The summed E-state index contributed by atoms with van der Waals surface area (Å²) in [5, 5.41) is 12.1. The molecule has 0 aromatic heterocycles. The van der Waals surface area contributed by atoms with Gasteiger partial charge in [-0.1, -0.05) is 49.4 Å². The van der Waals surface area contributed by atoms with Crippen molar-refractivity contribution in [1.82, 2.24) is 10.2 Å². The molecule has 6 heteroatoms. The lowest BCUT2D eigenvalue weighted by Gasteiger charge is -2.31. The first-order valence-corrected chi connectivity index (χ1v) is 8.11. The summed E-state index contributed by atoms with van der Waals surface area (Å²) in [6.07, 6.45) is 1.53. The van der Waals surface area contributed by atoms with Crippen molar-refractivity contribution in [2.24, 2.45) is 5.92 Å². The van der Waals surface area contributed by atoms with Crippen LogP contribution in [0.1, 0.15) is 19.4 Å². The Morgan fingerprint density at radius 3 is 2.40 bits per heavy atom. The van der Waals surface area contributed by atoms with Gasteiger partial charge in [-0.25, -0.2) is 9.59 Å². The van der Waals surface area contributed by atoms with Crippen LogP contribution < -0.4 is 5.32 Å². The molecule has 0 fully saturated rings. The van der Waals surface area contributed by atoms with Gasteiger partial charge in [-0.2, -0.15) is 0 Å². The molecule has 6 nitrogen and oxygen atoms in total. The molecule has 0 radical (unpaired) electrons. The van der Waals surface area contributed by atoms with Gasteiger partial charge in [0.1, 0.15) is 6.61 Å². The molecule has 1 aromatic rings. The zero-order chi connectivity index (χ0) is 18.8. The quantitative estimate of drug-likeness (QED) is 0.669. The number of rotatable bonds is 9. The maximum atomic E-state index is 12.1. The van der Waals surface area contributed by atoms with Crippen LogP contribution in [0, 0.1) is 5.92 Å². The molecule has 0 saturated heterocycles. The zero-order valence-corrected chi connectivity index (χ0v) is 14.7. The Labute approximate surface area is 148 Å². The summed E-state index contributed by atoms with van der Waals surface area (Å²) < 4.78 is 5.21. The van der Waals surface area contributed by atoms with Crippen molar-refractivity contribution < 1.29 is 19.4 Å². The van der Waals surface area contributed by atoms with Crippen molar-refractivity contribution in [3.63, 3.8) is 0 Å². The summed E-state index contributed by atoms with van der Waals surface area (Å²) in [6, 6.07) is 8.48. The number of benzene rings is 1. The number of carbonyl (C=O) groups is 2. The molecule has 0 heterocycles. The number of ether oxygens (including phenoxy) is 1. The van der Waals surface area contributed by atoms with Crippen LogP contribution in [0.15, 0.2) is 55.6 Å². The van der Waals surface area contributed by atoms with Gasteiger partial charge in [0, 0.05) is 6.54 Å². The van der Waals surface area contributed by atoms with E-state index in [0.717, 1.165) is 5.56 Å². The molecular formula is C19H26N2O4. The molecule has 1 rings (SSSR count). The number of alkyl carbamates (subject to hydrolysis) is 1. The van der Waals surface area contributed by atoms with Crippen molar-refractivity contribution in [2.45, 2.75) is 32.5 Å². The van der Waals surface area contributed by atoms with Gasteiger partial charge in [0.15, 0.2) is 0 Å². The minimum Gasteiger partial charge on any atom is -0.465 e. The predicted molar refractivity (Wildman–Crippen MR) is 97.3 cm³/mol. The van der Waals surface area contributed by atoms with E-state index in [2.05, 4.69) is 18.5 Å². The van der Waals surface area contributed by atoms with E-state index in [4.69, 9.17) is 4.74 Å². The highest BCUT2D eigenvalue weighted by Crippen LogP contribution is 2.11. The number of carbonyl (C=O) groups excluding carboxylic acids is 1. The van der Waals surface area contributed by atoms with Gasteiger partial charge in [0.25, 0.3) is 0 Å². The maximum absolute atomic E-state index is 12.1. The minimum absolute atomic E-state index is 0.107. The number of amides is 2. The van der Waals surface area contributed by atoms with E-state index in [1.807, 2.05) is 37.3 Å². The van der Waals surface area contributed by atoms with E-state index in [1.54, 1.807) is 13.0 Å². The third-order valence-electron chi connectivity index (χ3n) is 3.99. The van der Waals surface area contributed by atoms with Gasteiger partial charge in [-0.3, -0.25) is 0 Å². The number of hydrogen-bond donors (Lipinski definition) is 2. The zero-order valence-electron chi connectivity index (χ0n) is 14.7. The molecule has 2 amide bonds. The Morgan fingerprint density at radius 1 is 1.24 bits per heavy atom. The second-order valence-electron chi connectivity index (χ2n) is 5.82. The van der Waals surface area contributed by atoms with E-state index in [9.17, 15) is 14.7 Å². The van der Waals surface area contributed by atoms with Gasteiger partial charge in [0.05, 0.1) is 12.1 Å². The van der Waals surface area contributed by atoms with Crippen LogP contribution in [-0.2, 0) is 11.3 Å². The Morgan fingerprint density at radius 2 is 1.88 bits per heavy atom. The van der Waals surface area contributed by atoms with Crippen molar-refractivity contribution in [1.29, 1.82) is 0 Å². The lowest BCUT2D eigenvalue weighted by atomic mass is 10.0. The highest BCUT2D eigenvalue weighted by atomic mass is 16.5. The molecule has 0 aliphatic rings. The fourth-order valence-corrected chi connectivity index (χ4v) is 2.18. The topological polar surface area (TPSA) is 78.9 Å². The smallest absolute Gasteiger partial charge is 0.407 e. The molecule has 0 bridgehead atoms. The second kappa shape index (κ2) is 10.2. The molecule has 0 saturated carbocycles.